The summed E-state index contributed by atoms with van der Waals surface area (Å²) in [5.41, 5.74) is 2.15. The van der Waals surface area contributed by atoms with Crippen LogP contribution in [0, 0.1) is 6.92 Å². The predicted octanol–water partition coefficient (Wildman–Crippen LogP) is 1.95. The van der Waals surface area contributed by atoms with Gasteiger partial charge in [0.25, 0.3) is 0 Å². The van der Waals surface area contributed by atoms with Gasteiger partial charge >= 0.3 is 0 Å². The third-order valence-electron chi connectivity index (χ3n) is 1.18. The molecule has 0 radical (unpaired) electrons. The maximum absolute atomic E-state index is 5.56. The van der Waals surface area contributed by atoms with Gasteiger partial charge in [-0.25, -0.2) is 0 Å². The van der Waals surface area contributed by atoms with Crippen LogP contribution in [0.3, 0.4) is 0 Å². The van der Waals surface area contributed by atoms with Crippen LogP contribution >= 0.6 is 24.0 Å². The van der Waals surface area contributed by atoms with Crippen molar-refractivity contribution in [1.82, 2.24) is 10.2 Å². The molecule has 56 valence electrons. The zero-order valence-electron chi connectivity index (χ0n) is 5.54. The molecular formula is C6H8Cl2N2. The molecule has 1 heterocycles. The third-order valence-corrected chi connectivity index (χ3v) is 1.47. The Bertz CT molecular complexity index is 203. The minimum absolute atomic E-state index is 0. The molecule has 0 aliphatic rings. The molecule has 0 spiro atoms. The molecule has 0 aliphatic carbocycles. The van der Waals surface area contributed by atoms with Gasteiger partial charge in [-0.1, -0.05) is 0 Å². The van der Waals surface area contributed by atoms with Crippen molar-refractivity contribution in [1.29, 1.82) is 0 Å². The SMILES string of the molecule is Cc1cnncc1CCl.Cl. The first-order valence-electron chi connectivity index (χ1n) is 2.66. The summed E-state index contributed by atoms with van der Waals surface area (Å²) >= 11 is 5.56. The third kappa shape index (κ3) is 2.12. The van der Waals surface area contributed by atoms with Crippen molar-refractivity contribution in [3.8, 4) is 0 Å². The van der Waals surface area contributed by atoms with E-state index in [0.717, 1.165) is 11.1 Å². The second kappa shape index (κ2) is 4.47. The molecule has 0 bridgehead atoms. The van der Waals surface area contributed by atoms with E-state index in [-0.39, 0.29) is 12.4 Å². The van der Waals surface area contributed by atoms with Crippen molar-refractivity contribution in [2.75, 3.05) is 0 Å². The molecule has 0 aliphatic heterocycles. The van der Waals surface area contributed by atoms with Gasteiger partial charge in [0, 0.05) is 5.88 Å². The topological polar surface area (TPSA) is 25.8 Å². The number of hydrogen-bond donors (Lipinski definition) is 0. The van der Waals surface area contributed by atoms with Gasteiger partial charge < -0.3 is 0 Å². The van der Waals surface area contributed by atoms with Crippen LogP contribution in [-0.2, 0) is 5.88 Å². The molecule has 1 rings (SSSR count). The van der Waals surface area contributed by atoms with E-state index in [4.69, 9.17) is 11.6 Å². The molecule has 0 amide bonds. The Hall–Kier alpha value is -0.340. The number of hydrogen-bond acceptors (Lipinski definition) is 2. The van der Waals surface area contributed by atoms with Crippen LogP contribution in [0.2, 0.25) is 0 Å². The molecule has 0 N–H and O–H groups in total. The number of aryl methyl sites for hydroxylation is 1. The van der Waals surface area contributed by atoms with Crippen LogP contribution in [0.4, 0.5) is 0 Å². The summed E-state index contributed by atoms with van der Waals surface area (Å²) < 4.78 is 0. The zero-order valence-corrected chi connectivity index (χ0v) is 7.11. The summed E-state index contributed by atoms with van der Waals surface area (Å²) in [6.07, 6.45) is 3.39. The zero-order chi connectivity index (χ0) is 6.69. The molecule has 0 saturated heterocycles. The fourth-order valence-electron chi connectivity index (χ4n) is 0.548. The monoisotopic (exact) mass is 178 g/mol. The van der Waals surface area contributed by atoms with Gasteiger partial charge in [-0.3, -0.25) is 0 Å². The highest BCUT2D eigenvalue weighted by Gasteiger charge is 1.93. The molecule has 10 heavy (non-hydrogen) atoms. The van der Waals surface area contributed by atoms with E-state index in [1.807, 2.05) is 6.92 Å². The van der Waals surface area contributed by atoms with E-state index in [2.05, 4.69) is 10.2 Å². The molecule has 1 aromatic rings. The Morgan fingerprint density at radius 3 is 2.40 bits per heavy atom. The number of alkyl halides is 1. The van der Waals surface area contributed by atoms with E-state index >= 15 is 0 Å². The van der Waals surface area contributed by atoms with Gasteiger partial charge in [0.1, 0.15) is 0 Å². The lowest BCUT2D eigenvalue weighted by molar-refractivity contribution is 0.989. The quantitative estimate of drug-likeness (QED) is 0.615. The van der Waals surface area contributed by atoms with Crippen molar-refractivity contribution < 1.29 is 0 Å². The molecule has 0 unspecified atom stereocenters. The van der Waals surface area contributed by atoms with E-state index in [1.165, 1.54) is 0 Å². The lowest BCUT2D eigenvalue weighted by atomic mass is 10.2. The molecule has 2 nitrogen and oxygen atoms in total. The van der Waals surface area contributed by atoms with Gasteiger partial charge in [-0.2, -0.15) is 10.2 Å². The second-order valence-electron chi connectivity index (χ2n) is 1.83. The first-order chi connectivity index (χ1) is 4.34. The van der Waals surface area contributed by atoms with Gasteiger partial charge in [0.05, 0.1) is 12.4 Å². The van der Waals surface area contributed by atoms with Crippen molar-refractivity contribution in [3.63, 3.8) is 0 Å². The Kier molecular flexibility index (Phi) is 4.32. The summed E-state index contributed by atoms with van der Waals surface area (Å²) in [5, 5.41) is 7.37. The first-order valence-corrected chi connectivity index (χ1v) is 3.20. The number of rotatable bonds is 1. The molecule has 0 atom stereocenters. The maximum atomic E-state index is 5.56. The van der Waals surface area contributed by atoms with E-state index in [9.17, 15) is 0 Å². The van der Waals surface area contributed by atoms with Gasteiger partial charge in [-0.05, 0) is 18.1 Å². The maximum Gasteiger partial charge on any atom is 0.0543 e. The molecule has 1 aromatic heterocycles. The van der Waals surface area contributed by atoms with Crippen LogP contribution in [0.1, 0.15) is 11.1 Å². The highest BCUT2D eigenvalue weighted by Crippen LogP contribution is 2.05. The fraction of sp³-hybridized carbons (Fsp3) is 0.333. The Morgan fingerprint density at radius 2 is 2.00 bits per heavy atom. The van der Waals surface area contributed by atoms with Gasteiger partial charge in [0.15, 0.2) is 0 Å². The molecule has 0 aromatic carbocycles. The van der Waals surface area contributed by atoms with Gasteiger partial charge in [-0.15, -0.1) is 24.0 Å². The largest absolute Gasteiger partial charge is 0.159 e. The standard InChI is InChI=1S/C6H7ClN2.ClH/c1-5-3-8-9-4-6(5)2-7;/h3-4H,2H2,1H3;1H. The number of halogens is 2. The highest BCUT2D eigenvalue weighted by atomic mass is 35.5. The number of nitrogens with zero attached hydrogens (tertiary/aromatic N) is 2. The normalized spacial score (nSPS) is 8.60. The highest BCUT2D eigenvalue weighted by molar-refractivity contribution is 6.17. The minimum Gasteiger partial charge on any atom is -0.159 e. The first kappa shape index (κ1) is 9.66. The second-order valence-corrected chi connectivity index (χ2v) is 2.10. The molecule has 4 heteroatoms. The molecular weight excluding hydrogens is 171 g/mol. The summed E-state index contributed by atoms with van der Waals surface area (Å²) in [5.74, 6) is 0.515. The van der Waals surface area contributed by atoms with Crippen LogP contribution < -0.4 is 0 Å². The van der Waals surface area contributed by atoms with Crippen LogP contribution in [0.25, 0.3) is 0 Å². The van der Waals surface area contributed by atoms with E-state index in [0.29, 0.717) is 5.88 Å². The summed E-state index contributed by atoms with van der Waals surface area (Å²) in [6.45, 7) is 1.96. The lowest BCUT2D eigenvalue weighted by Gasteiger charge is -1.95. The van der Waals surface area contributed by atoms with E-state index in [1.54, 1.807) is 12.4 Å². The van der Waals surface area contributed by atoms with Crippen molar-refractivity contribution in [3.05, 3.63) is 23.5 Å². The molecule has 0 saturated carbocycles. The Morgan fingerprint density at radius 1 is 1.40 bits per heavy atom. The van der Waals surface area contributed by atoms with Crippen LogP contribution in [0.15, 0.2) is 12.4 Å². The average molecular weight is 179 g/mol. The van der Waals surface area contributed by atoms with E-state index < -0.39 is 0 Å². The van der Waals surface area contributed by atoms with Crippen LogP contribution in [0.5, 0.6) is 0 Å². The lowest BCUT2D eigenvalue weighted by Crippen LogP contribution is -1.88. The fourth-order valence-corrected chi connectivity index (χ4v) is 0.827. The summed E-state index contributed by atoms with van der Waals surface area (Å²) in [6, 6.07) is 0. The molecule has 0 fully saturated rings. The summed E-state index contributed by atoms with van der Waals surface area (Å²) in [4.78, 5) is 0. The predicted molar refractivity (Wildman–Crippen MR) is 43.6 cm³/mol. The van der Waals surface area contributed by atoms with Crippen molar-refractivity contribution >= 4 is 24.0 Å². The summed E-state index contributed by atoms with van der Waals surface area (Å²) in [7, 11) is 0. The minimum atomic E-state index is 0. The smallest absolute Gasteiger partial charge is 0.0543 e. The number of aromatic nitrogens is 2. The van der Waals surface area contributed by atoms with Gasteiger partial charge in [0.2, 0.25) is 0 Å². The van der Waals surface area contributed by atoms with Crippen LogP contribution in [-0.4, -0.2) is 10.2 Å². The van der Waals surface area contributed by atoms with Crippen molar-refractivity contribution in [2.24, 2.45) is 0 Å². The average Bonchev–Trinajstić information content (AvgIpc) is 1.89. The Labute approximate surface area is 71.0 Å². The van der Waals surface area contributed by atoms with Crippen molar-refractivity contribution in [2.45, 2.75) is 12.8 Å². The Balaban J connectivity index is 0.000000810.